The molecule has 3 atom stereocenters. The van der Waals surface area contributed by atoms with Gasteiger partial charge in [-0.3, -0.25) is 24.0 Å². The summed E-state index contributed by atoms with van der Waals surface area (Å²) in [5.74, 6) is -13.5. The Morgan fingerprint density at radius 2 is 1.43 bits per heavy atom. The Labute approximate surface area is 248 Å². The first kappa shape index (κ1) is 35.6. The van der Waals surface area contributed by atoms with Gasteiger partial charge in [0.2, 0.25) is 17.6 Å². The predicted molar refractivity (Wildman–Crippen MR) is 144 cm³/mol. The predicted octanol–water partition coefficient (Wildman–Crippen LogP) is 1.67. The number of ether oxygens (including phenoxy) is 1. The molecule has 2 aromatic rings. The quantitative estimate of drug-likeness (QED) is 0.157. The number of carbonyl (C=O) groups is 5. The molecule has 2 aromatic carbocycles. The van der Waals surface area contributed by atoms with Crippen molar-refractivity contribution in [1.29, 1.82) is 0 Å². The second-order valence-corrected chi connectivity index (χ2v) is 9.76. The summed E-state index contributed by atoms with van der Waals surface area (Å²) in [7, 11) is 1.35. The van der Waals surface area contributed by atoms with E-state index in [-0.39, 0.29) is 11.1 Å². The Balaban J connectivity index is 2.34. The van der Waals surface area contributed by atoms with Crippen molar-refractivity contribution in [3.8, 4) is 5.75 Å². The lowest BCUT2D eigenvalue weighted by molar-refractivity contribution is -0.165. The van der Waals surface area contributed by atoms with Crippen LogP contribution in [0.3, 0.4) is 0 Å². The minimum atomic E-state index is -5.03. The van der Waals surface area contributed by atoms with E-state index in [0.717, 1.165) is 5.32 Å². The molecule has 0 saturated carbocycles. The molecule has 5 N–H and O–H groups in total. The van der Waals surface area contributed by atoms with Crippen LogP contribution in [0, 0.1) is 5.92 Å². The first-order valence-corrected chi connectivity index (χ1v) is 13.0. The summed E-state index contributed by atoms with van der Waals surface area (Å²) < 4.78 is 71.6. The fraction of sp³-hybridized carbons (Fsp3) is 0.393. The highest BCUT2D eigenvalue weighted by atomic mass is 19.4. The number of Topliss-reactive ketones (excluding diaryl/α,β-unsaturated/α-hetero) is 1. The SMILES string of the molecule is COc1ccc([C@H](NC(=O)[C@H](CO)NC(=O)c2ccccc2)C(=O)N[C@H](C(=O)C(F)(F)C(=O)NCC(F)(F)F)C(C)C)cc1. The van der Waals surface area contributed by atoms with Crippen molar-refractivity contribution in [3.63, 3.8) is 0 Å². The fourth-order valence-electron chi connectivity index (χ4n) is 3.73. The average molecular weight is 631 g/mol. The second kappa shape index (κ2) is 15.2. The number of amides is 4. The highest BCUT2D eigenvalue weighted by Gasteiger charge is 2.52. The Morgan fingerprint density at radius 1 is 0.841 bits per heavy atom. The maximum absolute atomic E-state index is 14.6. The van der Waals surface area contributed by atoms with E-state index >= 15 is 0 Å². The van der Waals surface area contributed by atoms with Gasteiger partial charge < -0.3 is 31.1 Å². The van der Waals surface area contributed by atoms with Crippen molar-refractivity contribution >= 4 is 29.4 Å². The van der Waals surface area contributed by atoms with Gasteiger partial charge in [0.25, 0.3) is 11.8 Å². The molecule has 0 radical (unpaired) electrons. The number of aliphatic hydroxyl groups is 1. The summed E-state index contributed by atoms with van der Waals surface area (Å²) in [6.45, 7) is -0.567. The Morgan fingerprint density at radius 3 is 1.93 bits per heavy atom. The molecule has 0 unspecified atom stereocenters. The maximum atomic E-state index is 14.6. The largest absolute Gasteiger partial charge is 0.497 e. The maximum Gasteiger partial charge on any atom is 0.405 e. The van der Waals surface area contributed by atoms with E-state index in [2.05, 4.69) is 10.6 Å². The lowest BCUT2D eigenvalue weighted by atomic mass is 9.94. The summed E-state index contributed by atoms with van der Waals surface area (Å²) in [6.07, 6.45) is -5.03. The smallest absolute Gasteiger partial charge is 0.405 e. The van der Waals surface area contributed by atoms with Crippen LogP contribution >= 0.6 is 0 Å². The van der Waals surface area contributed by atoms with E-state index in [0.29, 0.717) is 5.75 Å². The zero-order chi connectivity index (χ0) is 33.2. The van der Waals surface area contributed by atoms with Gasteiger partial charge in [-0.15, -0.1) is 0 Å². The van der Waals surface area contributed by atoms with Crippen LogP contribution in [0.1, 0.15) is 35.8 Å². The summed E-state index contributed by atoms with van der Waals surface area (Å²) in [4.78, 5) is 63.5. The Bertz CT molecular complexity index is 1320. The third kappa shape index (κ3) is 9.72. The highest BCUT2D eigenvalue weighted by molar-refractivity contribution is 6.10. The Kier molecular flexibility index (Phi) is 12.3. The highest BCUT2D eigenvalue weighted by Crippen LogP contribution is 2.24. The number of nitrogens with one attached hydrogen (secondary N) is 4. The van der Waals surface area contributed by atoms with Gasteiger partial charge in [0.15, 0.2) is 0 Å². The number of methoxy groups -OCH3 is 1. The van der Waals surface area contributed by atoms with Gasteiger partial charge in [0, 0.05) is 5.56 Å². The number of halogens is 5. The van der Waals surface area contributed by atoms with Gasteiger partial charge in [-0.2, -0.15) is 22.0 Å². The molecule has 0 saturated heterocycles. The topological polar surface area (TPSA) is 163 Å². The van der Waals surface area contributed by atoms with Gasteiger partial charge in [-0.1, -0.05) is 44.2 Å². The first-order valence-electron chi connectivity index (χ1n) is 13.0. The average Bonchev–Trinajstić information content (AvgIpc) is 2.99. The number of rotatable bonds is 14. The molecule has 0 aliphatic rings. The molecule has 11 nitrogen and oxygen atoms in total. The van der Waals surface area contributed by atoms with Crippen LogP contribution in [-0.4, -0.2) is 79.0 Å². The number of ketones is 1. The number of benzene rings is 2. The fourth-order valence-corrected chi connectivity index (χ4v) is 3.73. The van der Waals surface area contributed by atoms with E-state index < -0.39 is 78.7 Å². The molecular formula is C28H31F5N4O7. The van der Waals surface area contributed by atoms with Crippen LogP contribution in [0.2, 0.25) is 0 Å². The van der Waals surface area contributed by atoms with Crippen LogP contribution in [0.15, 0.2) is 54.6 Å². The monoisotopic (exact) mass is 630 g/mol. The number of alkyl halides is 5. The molecule has 0 fully saturated rings. The van der Waals surface area contributed by atoms with Crippen LogP contribution in [-0.2, 0) is 19.2 Å². The van der Waals surface area contributed by atoms with E-state index in [9.17, 15) is 51.0 Å². The zero-order valence-electron chi connectivity index (χ0n) is 23.7. The molecule has 240 valence electrons. The number of hydrogen-bond acceptors (Lipinski definition) is 7. The second-order valence-electron chi connectivity index (χ2n) is 9.76. The molecule has 0 spiro atoms. The molecule has 0 bridgehead atoms. The van der Waals surface area contributed by atoms with Gasteiger partial charge in [0.05, 0.1) is 19.8 Å². The minimum Gasteiger partial charge on any atom is -0.497 e. The van der Waals surface area contributed by atoms with Crippen molar-refractivity contribution in [2.24, 2.45) is 5.92 Å². The van der Waals surface area contributed by atoms with Crippen LogP contribution in [0.4, 0.5) is 22.0 Å². The minimum absolute atomic E-state index is 0.0485. The van der Waals surface area contributed by atoms with E-state index in [1.165, 1.54) is 57.4 Å². The summed E-state index contributed by atoms with van der Waals surface area (Å²) in [6, 6.07) is 7.69. The molecule has 4 amide bonds. The molecule has 0 aliphatic heterocycles. The van der Waals surface area contributed by atoms with Crippen LogP contribution < -0.4 is 26.0 Å². The van der Waals surface area contributed by atoms with Gasteiger partial charge in [-0.25, -0.2) is 0 Å². The summed E-state index contributed by atoms with van der Waals surface area (Å²) >= 11 is 0. The third-order valence-electron chi connectivity index (χ3n) is 6.13. The van der Waals surface area contributed by atoms with E-state index in [4.69, 9.17) is 4.74 Å². The lowest BCUT2D eigenvalue weighted by Crippen LogP contribution is -2.58. The van der Waals surface area contributed by atoms with Crippen molar-refractivity contribution in [2.45, 2.75) is 44.1 Å². The van der Waals surface area contributed by atoms with Crippen molar-refractivity contribution in [1.82, 2.24) is 21.3 Å². The van der Waals surface area contributed by atoms with E-state index in [1.807, 2.05) is 5.32 Å². The van der Waals surface area contributed by atoms with Gasteiger partial charge >= 0.3 is 12.1 Å². The van der Waals surface area contributed by atoms with Gasteiger partial charge in [-0.05, 0) is 35.7 Å². The van der Waals surface area contributed by atoms with Crippen molar-refractivity contribution in [3.05, 3.63) is 65.7 Å². The van der Waals surface area contributed by atoms with Crippen molar-refractivity contribution in [2.75, 3.05) is 20.3 Å². The normalized spacial score (nSPS) is 13.7. The van der Waals surface area contributed by atoms with E-state index in [1.54, 1.807) is 18.2 Å². The van der Waals surface area contributed by atoms with Crippen molar-refractivity contribution < 1.29 is 55.8 Å². The molecule has 0 aromatic heterocycles. The molecule has 2 rings (SSSR count). The summed E-state index contributed by atoms with van der Waals surface area (Å²) in [5, 5.41) is 17.4. The zero-order valence-corrected chi connectivity index (χ0v) is 23.7. The molecular weight excluding hydrogens is 599 g/mol. The molecule has 0 heterocycles. The van der Waals surface area contributed by atoms with Crippen LogP contribution in [0.5, 0.6) is 5.75 Å². The molecule has 16 heteroatoms. The molecule has 44 heavy (non-hydrogen) atoms. The third-order valence-corrected chi connectivity index (χ3v) is 6.13. The Hall–Kier alpha value is -4.60. The lowest BCUT2D eigenvalue weighted by Gasteiger charge is -2.28. The van der Waals surface area contributed by atoms with Crippen LogP contribution in [0.25, 0.3) is 0 Å². The summed E-state index contributed by atoms with van der Waals surface area (Å²) in [5.41, 5.74) is 0.203. The molecule has 0 aliphatic carbocycles. The number of hydrogen-bond donors (Lipinski definition) is 5. The van der Waals surface area contributed by atoms with Gasteiger partial charge in [0.1, 0.15) is 24.4 Å². The standard InChI is InChI=1S/C28H31F5N4O7/c1-15(2)20(22(39)28(32,33)26(43)34-14-27(29,30)31)36-25(42)21(16-9-11-18(44-3)12-10-16)37-24(41)19(13-38)35-23(40)17-7-5-4-6-8-17/h4-12,15,19-21,38H,13-14H2,1-3H3,(H,34,43)(H,35,40)(H,36,42)(H,37,41)/t19-,20-,21-/m0/s1. The number of aliphatic hydroxyl groups excluding tert-OH is 1. The number of carbonyl (C=O) groups excluding carboxylic acids is 5. The first-order chi connectivity index (χ1) is 20.5.